The summed E-state index contributed by atoms with van der Waals surface area (Å²) in [5.74, 6) is 0. The number of fused-ring (bicyclic) bond motifs is 3. The van der Waals surface area contributed by atoms with E-state index in [1.165, 1.54) is 9.08 Å². The number of aryl methyl sites for hydroxylation is 1. The molecule has 6 heteroatoms. The zero-order valence-corrected chi connectivity index (χ0v) is 12.4. The molecular formula is C16H11ClN4O. The van der Waals surface area contributed by atoms with Crippen LogP contribution in [-0.2, 0) is 0 Å². The largest absolute Gasteiger partial charge is 0.355 e. The molecule has 4 aromatic rings. The van der Waals surface area contributed by atoms with E-state index in [0.717, 1.165) is 5.56 Å². The molecule has 0 aliphatic carbocycles. The van der Waals surface area contributed by atoms with Gasteiger partial charge in [0, 0.05) is 0 Å². The molecule has 5 nitrogen and oxygen atoms in total. The SMILES string of the molecule is Cc1cccc(-n2nc3c(Cl)nc4ccccc4n3c2=O)c1. The highest BCUT2D eigenvalue weighted by molar-refractivity contribution is 6.32. The van der Waals surface area contributed by atoms with E-state index in [0.29, 0.717) is 22.4 Å². The van der Waals surface area contributed by atoms with Crippen LogP contribution in [0.25, 0.3) is 22.4 Å². The Morgan fingerprint density at radius 3 is 2.73 bits per heavy atom. The number of rotatable bonds is 1. The minimum atomic E-state index is -0.263. The molecule has 2 aromatic carbocycles. The van der Waals surface area contributed by atoms with Crippen LogP contribution in [0.15, 0.2) is 53.3 Å². The van der Waals surface area contributed by atoms with Gasteiger partial charge in [-0.25, -0.2) is 14.2 Å². The van der Waals surface area contributed by atoms with Gasteiger partial charge in [0.15, 0.2) is 10.8 Å². The Kier molecular flexibility index (Phi) is 2.77. The van der Waals surface area contributed by atoms with E-state index in [1.807, 2.05) is 55.5 Å². The fraction of sp³-hybridized carbons (Fsp3) is 0.0625. The number of hydrogen-bond donors (Lipinski definition) is 0. The van der Waals surface area contributed by atoms with Crippen LogP contribution in [0.2, 0.25) is 5.15 Å². The lowest BCUT2D eigenvalue weighted by Crippen LogP contribution is -2.20. The Balaban J connectivity index is 2.16. The molecule has 22 heavy (non-hydrogen) atoms. The topological polar surface area (TPSA) is 52.2 Å². The number of halogens is 1. The van der Waals surface area contributed by atoms with Gasteiger partial charge in [0.1, 0.15) is 0 Å². The van der Waals surface area contributed by atoms with Crippen molar-refractivity contribution in [1.29, 1.82) is 0 Å². The minimum Gasteiger partial charge on any atom is -0.245 e. The molecule has 0 saturated heterocycles. The molecule has 2 heterocycles. The standard InChI is InChI=1S/C16H11ClN4O/c1-10-5-4-6-11(9-10)21-16(22)20-13-8-3-2-7-12(13)18-14(17)15(20)19-21/h2-9H,1H3. The molecule has 0 aliphatic heterocycles. The van der Waals surface area contributed by atoms with Gasteiger partial charge in [-0.05, 0) is 36.8 Å². The lowest BCUT2D eigenvalue weighted by molar-refractivity contribution is 0.841. The van der Waals surface area contributed by atoms with Crippen molar-refractivity contribution < 1.29 is 0 Å². The maximum absolute atomic E-state index is 12.8. The van der Waals surface area contributed by atoms with Gasteiger partial charge < -0.3 is 0 Å². The van der Waals surface area contributed by atoms with E-state index < -0.39 is 0 Å². The van der Waals surface area contributed by atoms with Crippen LogP contribution in [0, 0.1) is 6.92 Å². The van der Waals surface area contributed by atoms with E-state index in [4.69, 9.17) is 11.6 Å². The second-order valence-electron chi connectivity index (χ2n) is 5.08. The van der Waals surface area contributed by atoms with Gasteiger partial charge in [-0.2, -0.15) is 4.68 Å². The van der Waals surface area contributed by atoms with Crippen molar-refractivity contribution in [2.45, 2.75) is 6.92 Å². The number of para-hydroxylation sites is 2. The molecule has 0 radical (unpaired) electrons. The Hall–Kier alpha value is -2.66. The summed E-state index contributed by atoms with van der Waals surface area (Å²) in [5.41, 5.74) is 3.19. The summed E-state index contributed by atoms with van der Waals surface area (Å²) in [5, 5.41) is 4.56. The zero-order valence-electron chi connectivity index (χ0n) is 11.7. The highest BCUT2D eigenvalue weighted by atomic mass is 35.5. The van der Waals surface area contributed by atoms with Crippen molar-refractivity contribution in [1.82, 2.24) is 19.2 Å². The quantitative estimate of drug-likeness (QED) is 0.543. The van der Waals surface area contributed by atoms with Crippen molar-refractivity contribution in [3.05, 3.63) is 69.7 Å². The molecule has 108 valence electrons. The van der Waals surface area contributed by atoms with Gasteiger partial charge >= 0.3 is 5.69 Å². The van der Waals surface area contributed by atoms with Gasteiger partial charge in [0.25, 0.3) is 0 Å². The van der Waals surface area contributed by atoms with E-state index in [-0.39, 0.29) is 10.8 Å². The fourth-order valence-electron chi connectivity index (χ4n) is 2.55. The summed E-state index contributed by atoms with van der Waals surface area (Å²) in [4.78, 5) is 17.1. The van der Waals surface area contributed by atoms with Crippen LogP contribution >= 0.6 is 11.6 Å². The van der Waals surface area contributed by atoms with E-state index in [2.05, 4.69) is 10.1 Å². The Bertz CT molecular complexity index is 1080. The normalized spacial score (nSPS) is 11.4. The Morgan fingerprint density at radius 1 is 1.09 bits per heavy atom. The predicted molar refractivity (Wildman–Crippen MR) is 85.8 cm³/mol. The van der Waals surface area contributed by atoms with Gasteiger partial charge in [0.2, 0.25) is 0 Å². The number of aromatic nitrogens is 4. The van der Waals surface area contributed by atoms with Crippen molar-refractivity contribution in [3.8, 4) is 5.69 Å². The van der Waals surface area contributed by atoms with Gasteiger partial charge in [-0.3, -0.25) is 0 Å². The molecular weight excluding hydrogens is 300 g/mol. The first-order valence-corrected chi connectivity index (χ1v) is 7.16. The highest BCUT2D eigenvalue weighted by Gasteiger charge is 2.15. The van der Waals surface area contributed by atoms with Crippen LogP contribution in [0.5, 0.6) is 0 Å². The molecule has 0 bridgehead atoms. The van der Waals surface area contributed by atoms with Crippen LogP contribution in [-0.4, -0.2) is 19.2 Å². The summed E-state index contributed by atoms with van der Waals surface area (Å²) in [6.45, 7) is 1.97. The van der Waals surface area contributed by atoms with Gasteiger partial charge in [-0.1, -0.05) is 35.9 Å². The molecule has 0 fully saturated rings. The molecule has 0 unspecified atom stereocenters. The number of hydrogen-bond acceptors (Lipinski definition) is 3. The fourth-order valence-corrected chi connectivity index (χ4v) is 2.76. The Labute approximate surface area is 130 Å². The minimum absolute atomic E-state index is 0.210. The zero-order chi connectivity index (χ0) is 15.3. The maximum atomic E-state index is 12.8. The third kappa shape index (κ3) is 1.83. The molecule has 0 N–H and O–H groups in total. The van der Waals surface area contributed by atoms with Crippen LogP contribution in [0.3, 0.4) is 0 Å². The monoisotopic (exact) mass is 310 g/mol. The van der Waals surface area contributed by atoms with Crippen LogP contribution in [0.1, 0.15) is 5.56 Å². The molecule has 2 aromatic heterocycles. The smallest absolute Gasteiger partial charge is 0.245 e. The highest BCUT2D eigenvalue weighted by Crippen LogP contribution is 2.19. The molecule has 0 saturated carbocycles. The first-order valence-electron chi connectivity index (χ1n) is 6.78. The summed E-state index contributed by atoms with van der Waals surface area (Å²) < 4.78 is 2.84. The van der Waals surface area contributed by atoms with Crippen LogP contribution in [0.4, 0.5) is 0 Å². The summed E-state index contributed by atoms with van der Waals surface area (Å²) >= 11 is 6.19. The molecule has 0 spiro atoms. The first kappa shape index (κ1) is 13.0. The maximum Gasteiger partial charge on any atom is 0.355 e. The van der Waals surface area contributed by atoms with E-state index in [1.54, 1.807) is 0 Å². The van der Waals surface area contributed by atoms with Crippen molar-refractivity contribution >= 4 is 28.3 Å². The average molecular weight is 311 g/mol. The second-order valence-corrected chi connectivity index (χ2v) is 5.44. The van der Waals surface area contributed by atoms with E-state index in [9.17, 15) is 4.79 Å². The average Bonchev–Trinajstić information content (AvgIpc) is 2.86. The third-order valence-electron chi connectivity index (χ3n) is 3.55. The number of nitrogens with zero attached hydrogens (tertiary/aromatic N) is 4. The van der Waals surface area contributed by atoms with Crippen molar-refractivity contribution in [3.63, 3.8) is 0 Å². The Morgan fingerprint density at radius 2 is 1.91 bits per heavy atom. The van der Waals surface area contributed by atoms with Crippen LogP contribution < -0.4 is 5.69 Å². The van der Waals surface area contributed by atoms with Crippen molar-refractivity contribution in [2.75, 3.05) is 0 Å². The van der Waals surface area contributed by atoms with Gasteiger partial charge in [-0.15, -0.1) is 5.10 Å². The second kappa shape index (κ2) is 4.68. The first-order chi connectivity index (χ1) is 10.6. The third-order valence-corrected chi connectivity index (χ3v) is 3.80. The number of benzene rings is 2. The van der Waals surface area contributed by atoms with Gasteiger partial charge in [0.05, 0.1) is 16.7 Å². The summed E-state index contributed by atoms with van der Waals surface area (Å²) in [6.07, 6.45) is 0. The molecule has 0 atom stereocenters. The lowest BCUT2D eigenvalue weighted by atomic mass is 10.2. The summed E-state index contributed by atoms with van der Waals surface area (Å²) in [6, 6.07) is 14.9. The van der Waals surface area contributed by atoms with Crippen molar-refractivity contribution in [2.24, 2.45) is 0 Å². The summed E-state index contributed by atoms with van der Waals surface area (Å²) in [7, 11) is 0. The predicted octanol–water partition coefficient (Wildman–Crippen LogP) is 3.00. The molecule has 0 amide bonds. The molecule has 0 aliphatic rings. The van der Waals surface area contributed by atoms with E-state index >= 15 is 0 Å². The molecule has 4 rings (SSSR count). The lowest BCUT2D eigenvalue weighted by Gasteiger charge is -2.00.